The van der Waals surface area contributed by atoms with E-state index in [1.54, 1.807) is 0 Å². The summed E-state index contributed by atoms with van der Waals surface area (Å²) in [5.41, 5.74) is 2.68. The van der Waals surface area contributed by atoms with Crippen molar-refractivity contribution < 1.29 is 19.1 Å². The maximum absolute atomic E-state index is 12.7. The summed E-state index contributed by atoms with van der Waals surface area (Å²) < 4.78 is 12.0. The minimum absolute atomic E-state index is 0.0343. The number of thiophene rings is 1. The van der Waals surface area contributed by atoms with Gasteiger partial charge < -0.3 is 19.7 Å². The maximum atomic E-state index is 12.7. The molecule has 7 heteroatoms. The molecule has 4 rings (SSSR count). The molecule has 1 aromatic heterocycles. The first-order chi connectivity index (χ1) is 14.5. The molecule has 3 aromatic rings. The molecule has 2 amide bonds. The number of nitrogens with zero attached hydrogens (tertiary/aromatic N) is 1. The lowest BCUT2D eigenvalue weighted by molar-refractivity contribution is -0.118. The maximum Gasteiger partial charge on any atom is 0.264 e. The average molecular weight is 425 g/mol. The molecular formula is C23H24N2O4S. The van der Waals surface area contributed by atoms with Crippen LogP contribution in [0.2, 0.25) is 0 Å². The molecule has 0 radical (unpaired) electrons. The van der Waals surface area contributed by atoms with Gasteiger partial charge in [-0.3, -0.25) is 9.59 Å². The third-order valence-corrected chi connectivity index (χ3v) is 6.17. The Bertz CT molecular complexity index is 1070. The van der Waals surface area contributed by atoms with Gasteiger partial charge in [-0.2, -0.15) is 0 Å². The Morgan fingerprint density at radius 2 is 1.83 bits per heavy atom. The molecule has 1 aliphatic rings. The van der Waals surface area contributed by atoms with E-state index in [0.717, 1.165) is 27.0 Å². The highest BCUT2D eigenvalue weighted by molar-refractivity contribution is 7.20. The summed E-state index contributed by atoms with van der Waals surface area (Å²) >= 11 is 1.47. The molecule has 0 bridgehead atoms. The lowest BCUT2D eigenvalue weighted by Crippen LogP contribution is -2.40. The number of fused-ring (bicyclic) bond motifs is 1. The van der Waals surface area contributed by atoms with Crippen LogP contribution in [0.15, 0.2) is 42.5 Å². The number of para-hydroxylation sites is 1. The van der Waals surface area contributed by atoms with E-state index >= 15 is 0 Å². The van der Waals surface area contributed by atoms with Gasteiger partial charge in [-0.25, -0.2) is 0 Å². The molecule has 1 N–H and O–H groups in total. The third-order valence-electron chi connectivity index (χ3n) is 5.07. The second-order valence-corrected chi connectivity index (χ2v) is 8.41. The second-order valence-electron chi connectivity index (χ2n) is 7.33. The summed E-state index contributed by atoms with van der Waals surface area (Å²) in [5, 5.41) is 3.81. The molecule has 0 spiro atoms. The summed E-state index contributed by atoms with van der Waals surface area (Å²) in [6.45, 7) is 6.26. The van der Waals surface area contributed by atoms with Crippen LogP contribution in [0.4, 0.5) is 5.69 Å². The van der Waals surface area contributed by atoms with Crippen LogP contribution in [0.5, 0.6) is 5.75 Å². The highest BCUT2D eigenvalue weighted by Gasteiger charge is 2.20. The lowest BCUT2D eigenvalue weighted by atomic mass is 10.1. The number of hydrogen-bond donors (Lipinski definition) is 1. The topological polar surface area (TPSA) is 67.9 Å². The molecule has 0 saturated carbocycles. The van der Waals surface area contributed by atoms with Crippen LogP contribution >= 0.6 is 11.3 Å². The van der Waals surface area contributed by atoms with Crippen molar-refractivity contribution in [2.24, 2.45) is 0 Å². The minimum atomic E-state index is -0.225. The van der Waals surface area contributed by atoms with Crippen LogP contribution in [-0.4, -0.2) is 49.6 Å². The van der Waals surface area contributed by atoms with Gasteiger partial charge >= 0.3 is 0 Å². The van der Waals surface area contributed by atoms with Gasteiger partial charge in [0.1, 0.15) is 5.75 Å². The number of rotatable bonds is 5. The SMILES string of the molecule is Cc1cccc(C)c1OCC(=O)Nc1ccc2sc(C(=O)N3CCOCC3)cc2c1. The number of amides is 2. The summed E-state index contributed by atoms with van der Waals surface area (Å²) in [6.07, 6.45) is 0. The van der Waals surface area contributed by atoms with Gasteiger partial charge in [0.15, 0.2) is 6.61 Å². The van der Waals surface area contributed by atoms with Crippen LogP contribution in [0.1, 0.15) is 20.8 Å². The zero-order valence-electron chi connectivity index (χ0n) is 17.1. The average Bonchev–Trinajstić information content (AvgIpc) is 3.17. The largest absolute Gasteiger partial charge is 0.483 e. The van der Waals surface area contributed by atoms with Crippen molar-refractivity contribution in [2.45, 2.75) is 13.8 Å². The number of hydrogen-bond acceptors (Lipinski definition) is 5. The Morgan fingerprint density at radius 1 is 1.10 bits per heavy atom. The molecule has 0 aliphatic carbocycles. The molecule has 1 saturated heterocycles. The van der Waals surface area contributed by atoms with E-state index in [0.29, 0.717) is 36.9 Å². The Morgan fingerprint density at radius 3 is 2.57 bits per heavy atom. The molecule has 0 atom stereocenters. The summed E-state index contributed by atoms with van der Waals surface area (Å²) in [7, 11) is 0. The summed E-state index contributed by atoms with van der Waals surface area (Å²) in [6, 6.07) is 13.4. The zero-order valence-corrected chi connectivity index (χ0v) is 17.9. The van der Waals surface area contributed by atoms with Gasteiger partial charge in [0, 0.05) is 23.5 Å². The van der Waals surface area contributed by atoms with Crippen LogP contribution in [-0.2, 0) is 9.53 Å². The Kier molecular flexibility index (Phi) is 6.01. The normalized spacial score (nSPS) is 14.0. The standard InChI is InChI=1S/C23H24N2O4S/c1-15-4-3-5-16(2)22(15)29-14-21(26)24-18-6-7-19-17(12-18)13-20(30-19)23(27)25-8-10-28-11-9-25/h3-7,12-13H,8-11,14H2,1-2H3,(H,24,26). The fourth-order valence-electron chi connectivity index (χ4n) is 3.51. The van der Waals surface area contributed by atoms with Gasteiger partial charge in [0.05, 0.1) is 18.1 Å². The smallest absolute Gasteiger partial charge is 0.264 e. The fraction of sp³-hybridized carbons (Fsp3) is 0.304. The third kappa shape index (κ3) is 4.47. The van der Waals surface area contributed by atoms with Crippen molar-refractivity contribution in [1.29, 1.82) is 0 Å². The second kappa shape index (κ2) is 8.85. The zero-order chi connectivity index (χ0) is 21.1. The Hall–Kier alpha value is -2.90. The molecule has 156 valence electrons. The molecule has 30 heavy (non-hydrogen) atoms. The number of aryl methyl sites for hydroxylation is 2. The number of ether oxygens (including phenoxy) is 2. The molecule has 2 aromatic carbocycles. The van der Waals surface area contributed by atoms with Crippen LogP contribution in [0.3, 0.4) is 0 Å². The van der Waals surface area contributed by atoms with Crippen molar-refractivity contribution in [3.8, 4) is 5.75 Å². The van der Waals surface area contributed by atoms with Gasteiger partial charge in [0.2, 0.25) is 0 Å². The predicted molar refractivity (Wildman–Crippen MR) is 119 cm³/mol. The number of benzene rings is 2. The van der Waals surface area contributed by atoms with E-state index in [2.05, 4.69) is 5.32 Å². The molecule has 0 unspecified atom stereocenters. The van der Waals surface area contributed by atoms with Crippen molar-refractivity contribution in [3.05, 3.63) is 58.5 Å². The molecule has 1 aliphatic heterocycles. The first-order valence-corrected chi connectivity index (χ1v) is 10.7. The lowest BCUT2D eigenvalue weighted by Gasteiger charge is -2.26. The Balaban J connectivity index is 1.42. The van der Waals surface area contributed by atoms with Crippen molar-refractivity contribution >= 4 is 38.9 Å². The molecular weight excluding hydrogens is 400 g/mol. The Labute approximate surface area is 179 Å². The summed E-state index contributed by atoms with van der Waals surface area (Å²) in [4.78, 5) is 27.6. The first kappa shape index (κ1) is 20.4. The number of carbonyl (C=O) groups is 2. The van der Waals surface area contributed by atoms with E-state index in [1.807, 2.05) is 61.2 Å². The molecule has 1 fully saturated rings. The van der Waals surface area contributed by atoms with Crippen molar-refractivity contribution in [3.63, 3.8) is 0 Å². The van der Waals surface area contributed by atoms with E-state index in [1.165, 1.54) is 11.3 Å². The van der Waals surface area contributed by atoms with Crippen LogP contribution < -0.4 is 10.1 Å². The highest BCUT2D eigenvalue weighted by atomic mass is 32.1. The first-order valence-electron chi connectivity index (χ1n) is 9.91. The quantitative estimate of drug-likeness (QED) is 0.672. The monoisotopic (exact) mass is 424 g/mol. The van der Waals surface area contributed by atoms with Crippen LogP contribution in [0.25, 0.3) is 10.1 Å². The molecule has 6 nitrogen and oxygen atoms in total. The van der Waals surface area contributed by atoms with Gasteiger partial charge in [-0.1, -0.05) is 18.2 Å². The predicted octanol–water partition coefficient (Wildman–Crippen LogP) is 4.01. The minimum Gasteiger partial charge on any atom is -0.483 e. The van der Waals surface area contributed by atoms with Crippen LogP contribution in [0, 0.1) is 13.8 Å². The number of carbonyl (C=O) groups excluding carboxylic acids is 2. The van der Waals surface area contributed by atoms with E-state index in [-0.39, 0.29) is 18.4 Å². The van der Waals surface area contributed by atoms with Gasteiger partial charge in [0.25, 0.3) is 11.8 Å². The number of morpholine rings is 1. The van der Waals surface area contributed by atoms with Gasteiger partial charge in [-0.15, -0.1) is 11.3 Å². The van der Waals surface area contributed by atoms with Crippen molar-refractivity contribution in [2.75, 3.05) is 38.2 Å². The van der Waals surface area contributed by atoms with E-state index in [4.69, 9.17) is 9.47 Å². The number of nitrogens with one attached hydrogen (secondary N) is 1. The highest BCUT2D eigenvalue weighted by Crippen LogP contribution is 2.29. The van der Waals surface area contributed by atoms with E-state index in [9.17, 15) is 9.59 Å². The number of anilines is 1. The summed E-state index contributed by atoms with van der Waals surface area (Å²) in [5.74, 6) is 0.552. The molecule has 2 heterocycles. The fourth-order valence-corrected chi connectivity index (χ4v) is 4.52. The van der Waals surface area contributed by atoms with E-state index < -0.39 is 0 Å². The van der Waals surface area contributed by atoms with Crippen molar-refractivity contribution in [1.82, 2.24) is 4.90 Å². The van der Waals surface area contributed by atoms with Gasteiger partial charge in [-0.05, 0) is 54.6 Å².